The van der Waals surface area contributed by atoms with Crippen LogP contribution in [0.25, 0.3) is 0 Å². The molecule has 0 radical (unpaired) electrons. The highest BCUT2D eigenvalue weighted by molar-refractivity contribution is 9.10. The van der Waals surface area contributed by atoms with E-state index in [4.69, 9.17) is 5.73 Å². The van der Waals surface area contributed by atoms with Crippen molar-refractivity contribution in [3.63, 3.8) is 0 Å². The molecule has 0 saturated heterocycles. The van der Waals surface area contributed by atoms with Crippen LogP contribution in [0.5, 0.6) is 0 Å². The number of nitrogens with zero attached hydrogens (tertiary/aromatic N) is 3. The van der Waals surface area contributed by atoms with Gasteiger partial charge in [-0.05, 0) is 22.4 Å². The van der Waals surface area contributed by atoms with Gasteiger partial charge in [0, 0.05) is 25.8 Å². The van der Waals surface area contributed by atoms with Crippen molar-refractivity contribution >= 4 is 21.7 Å². The topological polar surface area (TPSA) is 55.0 Å². The molecule has 0 amide bonds. The second-order valence-electron chi connectivity index (χ2n) is 2.97. The van der Waals surface area contributed by atoms with E-state index in [0.717, 1.165) is 29.8 Å². The summed E-state index contributed by atoms with van der Waals surface area (Å²) < 4.78 is 0.918. The van der Waals surface area contributed by atoms with Crippen LogP contribution in [0.4, 0.5) is 5.82 Å². The quantitative estimate of drug-likeness (QED) is 0.868. The minimum atomic E-state index is 0.635. The van der Waals surface area contributed by atoms with Crippen LogP contribution in [0.2, 0.25) is 0 Å². The molecule has 0 aromatic carbocycles. The van der Waals surface area contributed by atoms with Crippen LogP contribution in [-0.2, 0) is 0 Å². The van der Waals surface area contributed by atoms with Gasteiger partial charge in [0.15, 0.2) is 0 Å². The van der Waals surface area contributed by atoms with E-state index in [1.807, 2.05) is 0 Å². The normalized spacial score (nSPS) is 10.2. The Morgan fingerprint density at radius 2 is 2.29 bits per heavy atom. The molecule has 0 aliphatic heterocycles. The van der Waals surface area contributed by atoms with E-state index in [9.17, 15) is 0 Å². The third-order valence-corrected chi connectivity index (χ3v) is 2.40. The molecule has 0 fully saturated rings. The molecule has 0 unspecified atom stereocenters. The second-order valence-corrected chi connectivity index (χ2v) is 3.82. The predicted octanol–water partition coefficient (Wildman–Crippen LogP) is 1.41. The zero-order valence-corrected chi connectivity index (χ0v) is 9.87. The highest BCUT2D eigenvalue weighted by Gasteiger charge is 2.09. The maximum Gasteiger partial charge on any atom is 0.146 e. The summed E-state index contributed by atoms with van der Waals surface area (Å²) in [5.41, 5.74) is 5.55. The maximum atomic E-state index is 5.55. The molecule has 0 aliphatic carbocycles. The summed E-state index contributed by atoms with van der Waals surface area (Å²) in [5, 5.41) is 0. The van der Waals surface area contributed by atoms with Gasteiger partial charge in [-0.15, -0.1) is 0 Å². The van der Waals surface area contributed by atoms with Gasteiger partial charge < -0.3 is 10.6 Å². The Hall–Kier alpha value is -0.680. The summed E-state index contributed by atoms with van der Waals surface area (Å²) in [6.07, 6.45) is 4.39. The molecular weight excluding hydrogens is 244 g/mol. The molecule has 0 atom stereocenters. The summed E-state index contributed by atoms with van der Waals surface area (Å²) in [7, 11) is 0. The summed E-state index contributed by atoms with van der Waals surface area (Å²) >= 11 is 3.43. The first kappa shape index (κ1) is 11.4. The fourth-order valence-electron chi connectivity index (χ4n) is 1.29. The molecule has 0 bridgehead atoms. The summed E-state index contributed by atoms with van der Waals surface area (Å²) in [5.74, 6) is 0.923. The van der Waals surface area contributed by atoms with Crippen LogP contribution in [0, 0.1) is 0 Å². The minimum absolute atomic E-state index is 0.635. The smallest absolute Gasteiger partial charge is 0.146 e. The van der Waals surface area contributed by atoms with Gasteiger partial charge in [-0.3, -0.25) is 0 Å². The van der Waals surface area contributed by atoms with Gasteiger partial charge in [-0.25, -0.2) is 9.97 Å². The zero-order chi connectivity index (χ0) is 10.4. The van der Waals surface area contributed by atoms with Crippen molar-refractivity contribution in [2.24, 2.45) is 5.73 Å². The molecule has 1 aromatic heterocycles. The highest BCUT2D eigenvalue weighted by atomic mass is 79.9. The van der Waals surface area contributed by atoms with Crippen LogP contribution in [0.1, 0.15) is 13.3 Å². The van der Waals surface area contributed by atoms with Crippen molar-refractivity contribution < 1.29 is 0 Å². The van der Waals surface area contributed by atoms with Crippen molar-refractivity contribution in [3.8, 4) is 0 Å². The zero-order valence-electron chi connectivity index (χ0n) is 8.28. The summed E-state index contributed by atoms with van der Waals surface area (Å²) in [4.78, 5) is 10.3. The first-order chi connectivity index (χ1) is 6.79. The third kappa shape index (κ3) is 2.92. The molecule has 1 aromatic rings. The number of nitrogens with two attached hydrogens (primary N) is 1. The lowest BCUT2D eigenvalue weighted by Crippen LogP contribution is -2.31. The number of hydrogen-bond donors (Lipinski definition) is 1. The Kier molecular flexibility index (Phi) is 4.82. The van der Waals surface area contributed by atoms with E-state index in [0.29, 0.717) is 6.54 Å². The van der Waals surface area contributed by atoms with Crippen molar-refractivity contribution in [3.05, 3.63) is 17.0 Å². The molecule has 2 N–H and O–H groups in total. The van der Waals surface area contributed by atoms with Gasteiger partial charge in [0.2, 0.25) is 0 Å². The Bertz CT molecular complexity index is 273. The van der Waals surface area contributed by atoms with E-state index in [1.165, 1.54) is 0 Å². The van der Waals surface area contributed by atoms with Crippen molar-refractivity contribution in [2.45, 2.75) is 13.3 Å². The average molecular weight is 259 g/mol. The molecule has 0 aliphatic rings. The molecule has 14 heavy (non-hydrogen) atoms. The lowest BCUT2D eigenvalue weighted by molar-refractivity contribution is 0.747. The molecular formula is C9H15BrN4. The van der Waals surface area contributed by atoms with Gasteiger partial charge in [0.05, 0.1) is 4.47 Å². The lowest BCUT2D eigenvalue weighted by Gasteiger charge is -2.22. The van der Waals surface area contributed by atoms with Gasteiger partial charge in [-0.2, -0.15) is 0 Å². The molecule has 5 heteroatoms. The van der Waals surface area contributed by atoms with E-state index in [1.54, 1.807) is 12.5 Å². The second kappa shape index (κ2) is 5.93. The molecule has 0 spiro atoms. The molecule has 1 rings (SSSR count). The van der Waals surface area contributed by atoms with Crippen molar-refractivity contribution in [1.82, 2.24) is 9.97 Å². The first-order valence-corrected chi connectivity index (χ1v) is 5.49. The van der Waals surface area contributed by atoms with Gasteiger partial charge in [-0.1, -0.05) is 6.92 Å². The maximum absolute atomic E-state index is 5.55. The van der Waals surface area contributed by atoms with E-state index >= 15 is 0 Å². The van der Waals surface area contributed by atoms with Crippen LogP contribution in [-0.4, -0.2) is 29.6 Å². The van der Waals surface area contributed by atoms with Gasteiger partial charge >= 0.3 is 0 Å². The molecule has 0 saturated carbocycles. The Labute approximate surface area is 92.7 Å². The van der Waals surface area contributed by atoms with E-state index in [-0.39, 0.29) is 0 Å². The molecule has 78 valence electrons. The third-order valence-electron chi connectivity index (χ3n) is 1.84. The standard InChI is InChI=1S/C9H15BrN4/c1-2-4-14(5-3-11)9-8(10)6-12-7-13-9/h6-7H,2-5,11H2,1H3. The average Bonchev–Trinajstić information content (AvgIpc) is 2.18. The Balaban J connectivity index is 2.81. The SMILES string of the molecule is CCCN(CCN)c1ncncc1Br. The van der Waals surface area contributed by atoms with E-state index < -0.39 is 0 Å². The van der Waals surface area contributed by atoms with Crippen molar-refractivity contribution in [1.29, 1.82) is 0 Å². The first-order valence-electron chi connectivity index (χ1n) is 4.70. The number of aromatic nitrogens is 2. The molecule has 1 heterocycles. The lowest BCUT2D eigenvalue weighted by atomic mass is 10.4. The summed E-state index contributed by atoms with van der Waals surface area (Å²) in [6.45, 7) is 4.56. The number of halogens is 1. The summed E-state index contributed by atoms with van der Waals surface area (Å²) in [6, 6.07) is 0. The predicted molar refractivity (Wildman–Crippen MR) is 61.3 cm³/mol. The van der Waals surface area contributed by atoms with Gasteiger partial charge in [0.1, 0.15) is 12.1 Å². The van der Waals surface area contributed by atoms with Crippen LogP contribution < -0.4 is 10.6 Å². The van der Waals surface area contributed by atoms with Crippen LogP contribution >= 0.6 is 15.9 Å². The highest BCUT2D eigenvalue weighted by Crippen LogP contribution is 2.21. The minimum Gasteiger partial charge on any atom is -0.354 e. The van der Waals surface area contributed by atoms with Gasteiger partial charge in [0.25, 0.3) is 0 Å². The number of rotatable bonds is 5. The molecule has 4 nitrogen and oxygen atoms in total. The van der Waals surface area contributed by atoms with Crippen LogP contribution in [0.15, 0.2) is 17.0 Å². The number of anilines is 1. The Morgan fingerprint density at radius 3 is 2.86 bits per heavy atom. The fourth-order valence-corrected chi connectivity index (χ4v) is 1.76. The Morgan fingerprint density at radius 1 is 1.50 bits per heavy atom. The van der Waals surface area contributed by atoms with Crippen molar-refractivity contribution in [2.75, 3.05) is 24.5 Å². The number of hydrogen-bond acceptors (Lipinski definition) is 4. The van der Waals surface area contributed by atoms with Crippen LogP contribution in [0.3, 0.4) is 0 Å². The monoisotopic (exact) mass is 258 g/mol. The largest absolute Gasteiger partial charge is 0.354 e. The fraction of sp³-hybridized carbons (Fsp3) is 0.556. The van der Waals surface area contributed by atoms with E-state index in [2.05, 4.69) is 37.7 Å².